The van der Waals surface area contributed by atoms with Gasteiger partial charge in [-0.05, 0) is 57.6 Å². The second-order valence-electron chi connectivity index (χ2n) is 5.98. The van der Waals surface area contributed by atoms with Gasteiger partial charge >= 0.3 is 0 Å². The van der Waals surface area contributed by atoms with Crippen molar-refractivity contribution in [2.24, 2.45) is 5.92 Å². The van der Waals surface area contributed by atoms with Crippen molar-refractivity contribution in [2.75, 3.05) is 6.61 Å². The van der Waals surface area contributed by atoms with E-state index in [9.17, 15) is 4.79 Å². The van der Waals surface area contributed by atoms with Crippen LogP contribution in [0.5, 0.6) is 5.75 Å². The van der Waals surface area contributed by atoms with Crippen molar-refractivity contribution >= 4 is 5.91 Å². The molecule has 0 bridgehead atoms. The zero-order valence-electron chi connectivity index (χ0n) is 12.8. The molecular weight excluding hydrogens is 266 g/mol. The van der Waals surface area contributed by atoms with Crippen molar-refractivity contribution < 1.29 is 14.6 Å². The Hall–Kier alpha value is -1.55. The lowest BCUT2D eigenvalue weighted by Crippen LogP contribution is -2.44. The quantitative estimate of drug-likeness (QED) is 0.876. The molecule has 1 saturated carbocycles. The summed E-state index contributed by atoms with van der Waals surface area (Å²) in [6, 6.07) is 7.91. The number of carbonyl (C=O) groups is 1. The summed E-state index contributed by atoms with van der Waals surface area (Å²) in [6.07, 6.45) is 3.34. The SMILES string of the molecule is Cc1ccc(OC(C)C(=O)NC2CCC(CO)CC2)cc1. The van der Waals surface area contributed by atoms with Crippen LogP contribution in [0.25, 0.3) is 0 Å². The number of carbonyl (C=O) groups excluding carboxylic acids is 1. The van der Waals surface area contributed by atoms with Crippen molar-refractivity contribution in [3.8, 4) is 5.75 Å². The summed E-state index contributed by atoms with van der Waals surface area (Å²) < 4.78 is 5.66. The fraction of sp³-hybridized carbons (Fsp3) is 0.588. The maximum Gasteiger partial charge on any atom is 0.260 e. The van der Waals surface area contributed by atoms with Crippen molar-refractivity contribution in [2.45, 2.75) is 51.7 Å². The lowest BCUT2D eigenvalue weighted by Gasteiger charge is -2.28. The summed E-state index contributed by atoms with van der Waals surface area (Å²) in [5.41, 5.74) is 1.17. The predicted molar refractivity (Wildman–Crippen MR) is 82.2 cm³/mol. The summed E-state index contributed by atoms with van der Waals surface area (Å²) in [5, 5.41) is 12.2. The molecule has 1 aliphatic carbocycles. The first-order valence-corrected chi connectivity index (χ1v) is 7.73. The molecule has 4 nitrogen and oxygen atoms in total. The molecule has 0 aliphatic heterocycles. The van der Waals surface area contributed by atoms with E-state index < -0.39 is 6.10 Å². The van der Waals surface area contributed by atoms with Crippen LogP contribution >= 0.6 is 0 Å². The third kappa shape index (κ3) is 4.74. The Morgan fingerprint density at radius 3 is 2.48 bits per heavy atom. The smallest absolute Gasteiger partial charge is 0.260 e. The molecule has 21 heavy (non-hydrogen) atoms. The third-order valence-electron chi connectivity index (χ3n) is 4.15. The number of amides is 1. The van der Waals surface area contributed by atoms with Gasteiger partial charge in [-0.3, -0.25) is 4.79 Å². The van der Waals surface area contributed by atoms with Crippen molar-refractivity contribution in [1.29, 1.82) is 0 Å². The first-order chi connectivity index (χ1) is 10.1. The zero-order valence-corrected chi connectivity index (χ0v) is 12.8. The van der Waals surface area contributed by atoms with Gasteiger partial charge in [-0.25, -0.2) is 0 Å². The molecule has 0 aromatic heterocycles. The van der Waals surface area contributed by atoms with Gasteiger partial charge in [0.05, 0.1) is 0 Å². The average Bonchev–Trinajstić information content (AvgIpc) is 2.50. The fourth-order valence-electron chi connectivity index (χ4n) is 2.68. The Balaban J connectivity index is 1.78. The van der Waals surface area contributed by atoms with E-state index in [0.29, 0.717) is 11.7 Å². The van der Waals surface area contributed by atoms with Gasteiger partial charge in [-0.1, -0.05) is 17.7 Å². The van der Waals surface area contributed by atoms with Crippen molar-refractivity contribution in [3.05, 3.63) is 29.8 Å². The van der Waals surface area contributed by atoms with Crippen molar-refractivity contribution in [1.82, 2.24) is 5.32 Å². The predicted octanol–water partition coefficient (Wildman–Crippen LogP) is 2.43. The fourth-order valence-corrected chi connectivity index (χ4v) is 2.68. The highest BCUT2D eigenvalue weighted by Gasteiger charge is 2.24. The summed E-state index contributed by atoms with van der Waals surface area (Å²) >= 11 is 0. The molecule has 0 radical (unpaired) electrons. The van der Waals surface area contributed by atoms with Gasteiger partial charge in [0.1, 0.15) is 5.75 Å². The van der Waals surface area contributed by atoms with E-state index in [2.05, 4.69) is 5.32 Å². The number of ether oxygens (including phenoxy) is 1. The highest BCUT2D eigenvalue weighted by molar-refractivity contribution is 5.81. The molecule has 1 unspecified atom stereocenters. The van der Waals surface area contributed by atoms with E-state index in [1.54, 1.807) is 6.92 Å². The molecular formula is C17H25NO3. The van der Waals surface area contributed by atoms with E-state index in [1.165, 1.54) is 5.56 Å². The second kappa shape index (κ2) is 7.46. The topological polar surface area (TPSA) is 58.6 Å². The van der Waals surface area contributed by atoms with E-state index in [-0.39, 0.29) is 18.6 Å². The van der Waals surface area contributed by atoms with E-state index >= 15 is 0 Å². The molecule has 4 heteroatoms. The summed E-state index contributed by atoms with van der Waals surface area (Å²) in [6.45, 7) is 4.05. The van der Waals surface area contributed by atoms with E-state index in [4.69, 9.17) is 9.84 Å². The largest absolute Gasteiger partial charge is 0.481 e. The molecule has 0 saturated heterocycles. The van der Waals surface area contributed by atoms with Gasteiger partial charge in [0.15, 0.2) is 6.10 Å². The number of aliphatic hydroxyl groups is 1. The Labute approximate surface area is 126 Å². The van der Waals surface area contributed by atoms with Crippen LogP contribution in [0.1, 0.15) is 38.2 Å². The Bertz CT molecular complexity index is 450. The van der Waals surface area contributed by atoms with Gasteiger partial charge in [-0.15, -0.1) is 0 Å². The molecule has 2 rings (SSSR count). The number of hydrogen-bond acceptors (Lipinski definition) is 3. The maximum atomic E-state index is 12.1. The van der Waals surface area contributed by atoms with Gasteiger partial charge in [-0.2, -0.15) is 0 Å². The molecule has 1 aliphatic rings. The second-order valence-corrected chi connectivity index (χ2v) is 5.98. The molecule has 2 N–H and O–H groups in total. The Morgan fingerprint density at radius 2 is 1.90 bits per heavy atom. The minimum atomic E-state index is -0.497. The minimum Gasteiger partial charge on any atom is -0.481 e. The summed E-state index contributed by atoms with van der Waals surface area (Å²) in [4.78, 5) is 12.1. The standard InChI is InChI=1S/C17H25NO3/c1-12-3-9-16(10-4-12)21-13(2)17(20)18-15-7-5-14(11-19)6-8-15/h3-4,9-10,13-15,19H,5-8,11H2,1-2H3,(H,18,20). The number of aliphatic hydroxyl groups excluding tert-OH is 1. The summed E-state index contributed by atoms with van der Waals surface area (Å²) in [7, 11) is 0. The molecule has 116 valence electrons. The zero-order chi connectivity index (χ0) is 15.2. The van der Waals surface area contributed by atoms with Crippen LogP contribution < -0.4 is 10.1 Å². The average molecular weight is 291 g/mol. The van der Waals surface area contributed by atoms with Crippen LogP contribution in [0.3, 0.4) is 0 Å². The molecule has 1 aromatic rings. The molecule has 1 amide bonds. The lowest BCUT2D eigenvalue weighted by atomic mass is 9.86. The van der Waals surface area contributed by atoms with Crippen LogP contribution in [0.4, 0.5) is 0 Å². The van der Waals surface area contributed by atoms with Crippen LogP contribution in [0.2, 0.25) is 0 Å². The highest BCUT2D eigenvalue weighted by atomic mass is 16.5. The first kappa shape index (κ1) is 15.8. The summed E-state index contributed by atoms with van der Waals surface area (Å²) in [5.74, 6) is 1.05. The first-order valence-electron chi connectivity index (χ1n) is 7.73. The van der Waals surface area contributed by atoms with Crippen LogP contribution in [-0.4, -0.2) is 29.8 Å². The van der Waals surface area contributed by atoms with Crippen molar-refractivity contribution in [3.63, 3.8) is 0 Å². The molecule has 0 spiro atoms. The number of benzene rings is 1. The number of nitrogens with one attached hydrogen (secondary N) is 1. The third-order valence-corrected chi connectivity index (χ3v) is 4.15. The number of rotatable bonds is 5. The Morgan fingerprint density at radius 1 is 1.29 bits per heavy atom. The van der Waals surface area contributed by atoms with Gasteiger partial charge < -0.3 is 15.2 Å². The van der Waals surface area contributed by atoms with E-state index in [1.807, 2.05) is 31.2 Å². The molecule has 1 atom stereocenters. The van der Waals surface area contributed by atoms with E-state index in [0.717, 1.165) is 25.7 Å². The van der Waals surface area contributed by atoms with Crippen LogP contribution in [0.15, 0.2) is 24.3 Å². The minimum absolute atomic E-state index is 0.0666. The normalized spacial score (nSPS) is 23.4. The molecule has 1 fully saturated rings. The molecule has 0 heterocycles. The lowest BCUT2D eigenvalue weighted by molar-refractivity contribution is -0.128. The molecule has 1 aromatic carbocycles. The van der Waals surface area contributed by atoms with Gasteiger partial charge in [0.25, 0.3) is 5.91 Å². The van der Waals surface area contributed by atoms with Crippen LogP contribution in [0, 0.1) is 12.8 Å². The highest BCUT2D eigenvalue weighted by Crippen LogP contribution is 2.23. The van der Waals surface area contributed by atoms with Crippen LogP contribution in [-0.2, 0) is 4.79 Å². The van der Waals surface area contributed by atoms with Gasteiger partial charge in [0.2, 0.25) is 0 Å². The number of aryl methyl sites for hydroxylation is 1. The number of hydrogen-bond donors (Lipinski definition) is 2. The van der Waals surface area contributed by atoms with Gasteiger partial charge in [0, 0.05) is 12.6 Å². The Kier molecular flexibility index (Phi) is 5.62. The monoisotopic (exact) mass is 291 g/mol. The maximum absolute atomic E-state index is 12.1.